The Morgan fingerprint density at radius 2 is 1.84 bits per heavy atom. The molecular weight excluding hydrogens is 432 g/mol. The third kappa shape index (κ3) is 7.82. The summed E-state index contributed by atoms with van der Waals surface area (Å²) < 4.78 is 33.4. The van der Waals surface area contributed by atoms with E-state index in [1.165, 1.54) is 6.08 Å². The number of hydrogen-bond donors (Lipinski definition) is 1. The first-order chi connectivity index (χ1) is 15.1. The fraction of sp³-hybridized carbons (Fsp3) is 0.261. The summed E-state index contributed by atoms with van der Waals surface area (Å²) in [5, 5.41) is 7.41. The van der Waals surface area contributed by atoms with Crippen molar-refractivity contribution < 1.29 is 17.3 Å². The molecule has 3 aromatic rings. The Morgan fingerprint density at radius 1 is 1.06 bits per heavy atom. The van der Waals surface area contributed by atoms with Gasteiger partial charge in [-0.3, -0.25) is 4.18 Å². The molecule has 1 N–H and O–H groups in total. The molecule has 0 radical (unpaired) electrons. The molecule has 164 valence electrons. The van der Waals surface area contributed by atoms with Crippen LogP contribution >= 0.6 is 11.3 Å². The van der Waals surface area contributed by atoms with Crippen molar-refractivity contribution in [3.63, 3.8) is 0 Å². The minimum Gasteiger partial charge on any atom is -0.494 e. The smallest absolute Gasteiger partial charge is 0.290 e. The first-order valence-electron chi connectivity index (χ1n) is 10.1. The monoisotopic (exact) mass is 458 g/mol. The summed E-state index contributed by atoms with van der Waals surface area (Å²) in [4.78, 5) is 4.62. The predicted molar refractivity (Wildman–Crippen MR) is 127 cm³/mol. The van der Waals surface area contributed by atoms with Crippen molar-refractivity contribution in [3.8, 4) is 17.0 Å². The van der Waals surface area contributed by atoms with Crippen LogP contribution in [0.5, 0.6) is 5.75 Å². The van der Waals surface area contributed by atoms with Gasteiger partial charge in [0.25, 0.3) is 10.1 Å². The summed E-state index contributed by atoms with van der Waals surface area (Å²) in [5.74, 6) is 0.755. The molecule has 0 aliphatic heterocycles. The van der Waals surface area contributed by atoms with Crippen molar-refractivity contribution in [3.05, 3.63) is 70.9 Å². The van der Waals surface area contributed by atoms with Crippen LogP contribution in [0.2, 0.25) is 0 Å². The molecule has 0 spiro atoms. The molecule has 0 fully saturated rings. The molecule has 0 aliphatic carbocycles. The molecule has 3 rings (SSSR count). The van der Waals surface area contributed by atoms with Gasteiger partial charge in [-0.2, -0.15) is 8.42 Å². The Bertz CT molecular complexity index is 1060. The van der Waals surface area contributed by atoms with Gasteiger partial charge in [0.15, 0.2) is 5.13 Å². The van der Waals surface area contributed by atoms with Gasteiger partial charge in [-0.05, 0) is 43.5 Å². The normalized spacial score (nSPS) is 11.6. The van der Waals surface area contributed by atoms with E-state index in [2.05, 4.69) is 32.0 Å². The summed E-state index contributed by atoms with van der Waals surface area (Å²) in [7, 11) is -3.62. The number of nitrogens with one attached hydrogen (secondary N) is 1. The fourth-order valence-electron chi connectivity index (χ4n) is 2.75. The molecule has 0 bridgehead atoms. The molecule has 0 saturated heterocycles. The second kappa shape index (κ2) is 11.6. The largest absolute Gasteiger partial charge is 0.494 e. The highest BCUT2D eigenvalue weighted by Gasteiger charge is 2.04. The molecule has 0 aliphatic rings. The first kappa shape index (κ1) is 23.0. The van der Waals surface area contributed by atoms with Gasteiger partial charge >= 0.3 is 0 Å². The zero-order chi connectivity index (χ0) is 21.9. The molecule has 0 atom stereocenters. The molecule has 0 unspecified atom stereocenters. The van der Waals surface area contributed by atoms with Crippen LogP contribution in [0.15, 0.2) is 65.4 Å². The predicted octanol–water partition coefficient (Wildman–Crippen LogP) is 5.42. The summed E-state index contributed by atoms with van der Waals surface area (Å²) >= 11 is 1.61. The SMILES string of the molecule is CCOS(=O)(=O)/C=C/c1ccc(OCCCCNc2nc(-c3ccccc3)cs2)cc1. The van der Waals surface area contributed by atoms with E-state index >= 15 is 0 Å². The van der Waals surface area contributed by atoms with E-state index in [1.807, 2.05) is 42.5 Å². The quantitative estimate of drug-likeness (QED) is 0.288. The third-order valence-corrected chi connectivity index (χ3v) is 6.11. The van der Waals surface area contributed by atoms with Crippen LogP contribution in [0.1, 0.15) is 25.3 Å². The van der Waals surface area contributed by atoms with Crippen LogP contribution in [-0.2, 0) is 14.3 Å². The molecule has 1 aromatic heterocycles. The molecule has 2 aromatic carbocycles. The maximum absolute atomic E-state index is 11.5. The number of aromatic nitrogens is 1. The summed E-state index contributed by atoms with van der Waals surface area (Å²) in [6.45, 7) is 3.20. The van der Waals surface area contributed by atoms with Crippen molar-refractivity contribution in [2.45, 2.75) is 19.8 Å². The van der Waals surface area contributed by atoms with E-state index in [4.69, 9.17) is 4.74 Å². The van der Waals surface area contributed by atoms with Crippen LogP contribution < -0.4 is 10.1 Å². The number of thiazole rings is 1. The van der Waals surface area contributed by atoms with Gasteiger partial charge in [0.2, 0.25) is 0 Å². The highest BCUT2D eigenvalue weighted by atomic mass is 32.2. The van der Waals surface area contributed by atoms with Gasteiger partial charge in [0, 0.05) is 17.5 Å². The van der Waals surface area contributed by atoms with Crippen LogP contribution in [0.4, 0.5) is 5.13 Å². The Balaban J connectivity index is 1.34. The van der Waals surface area contributed by atoms with Gasteiger partial charge in [-0.25, -0.2) is 4.98 Å². The van der Waals surface area contributed by atoms with Crippen molar-refractivity contribution in [1.29, 1.82) is 0 Å². The molecule has 31 heavy (non-hydrogen) atoms. The Kier molecular flexibility index (Phi) is 8.63. The van der Waals surface area contributed by atoms with Crippen LogP contribution in [0.3, 0.4) is 0 Å². The highest BCUT2D eigenvalue weighted by molar-refractivity contribution is 7.89. The Morgan fingerprint density at radius 3 is 2.58 bits per heavy atom. The lowest BCUT2D eigenvalue weighted by molar-refractivity contribution is 0.308. The van der Waals surface area contributed by atoms with E-state index in [1.54, 1.807) is 18.3 Å². The van der Waals surface area contributed by atoms with Crippen LogP contribution in [0.25, 0.3) is 17.3 Å². The van der Waals surface area contributed by atoms with Crippen LogP contribution in [-0.4, -0.2) is 33.2 Å². The minimum atomic E-state index is -3.62. The Labute approximate surface area is 187 Å². The van der Waals surface area contributed by atoms with E-state index in [9.17, 15) is 8.42 Å². The number of unbranched alkanes of at least 4 members (excludes halogenated alkanes) is 1. The zero-order valence-electron chi connectivity index (χ0n) is 17.4. The topological polar surface area (TPSA) is 77.5 Å². The van der Waals surface area contributed by atoms with Gasteiger partial charge < -0.3 is 10.1 Å². The zero-order valence-corrected chi connectivity index (χ0v) is 19.0. The van der Waals surface area contributed by atoms with E-state index in [0.29, 0.717) is 6.61 Å². The summed E-state index contributed by atoms with van der Waals surface area (Å²) in [6.07, 6.45) is 3.39. The molecule has 6 nitrogen and oxygen atoms in total. The second-order valence-corrected chi connectivity index (χ2v) is 9.01. The van der Waals surface area contributed by atoms with E-state index in [-0.39, 0.29) is 6.61 Å². The van der Waals surface area contributed by atoms with Gasteiger partial charge in [-0.1, -0.05) is 42.5 Å². The lowest BCUT2D eigenvalue weighted by Gasteiger charge is -2.07. The summed E-state index contributed by atoms with van der Waals surface area (Å²) in [5.41, 5.74) is 2.88. The number of hydrogen-bond acceptors (Lipinski definition) is 7. The average molecular weight is 459 g/mol. The molecule has 0 amide bonds. The minimum absolute atomic E-state index is 0.119. The number of ether oxygens (including phenoxy) is 1. The van der Waals surface area contributed by atoms with Gasteiger partial charge in [0.05, 0.1) is 24.3 Å². The Hall–Kier alpha value is -2.68. The molecule has 1 heterocycles. The average Bonchev–Trinajstić information content (AvgIpc) is 3.25. The highest BCUT2D eigenvalue weighted by Crippen LogP contribution is 2.24. The standard InChI is InChI=1S/C23H26N2O4S2/c1-2-29-31(26,27)17-14-19-10-12-21(13-11-19)28-16-7-6-15-24-23-25-22(18-30-23)20-8-4-3-5-9-20/h3-5,8-14,17-18H,2,6-7,15-16H2,1H3,(H,24,25)/b17-14+. The van der Waals surface area contributed by atoms with Crippen molar-refractivity contribution >= 4 is 32.7 Å². The van der Waals surface area contributed by atoms with Crippen LogP contribution in [0, 0.1) is 0 Å². The third-order valence-electron chi connectivity index (χ3n) is 4.28. The summed E-state index contributed by atoms with van der Waals surface area (Å²) in [6, 6.07) is 17.4. The lowest BCUT2D eigenvalue weighted by Crippen LogP contribution is -2.04. The number of benzene rings is 2. The number of rotatable bonds is 12. The second-order valence-electron chi connectivity index (χ2n) is 6.66. The van der Waals surface area contributed by atoms with Gasteiger partial charge in [-0.15, -0.1) is 11.3 Å². The molecule has 8 heteroatoms. The van der Waals surface area contributed by atoms with Crippen molar-refractivity contribution in [2.75, 3.05) is 25.1 Å². The number of nitrogens with zero attached hydrogens (tertiary/aromatic N) is 1. The van der Waals surface area contributed by atoms with E-state index in [0.717, 1.165) is 52.5 Å². The maximum atomic E-state index is 11.5. The molecule has 0 saturated carbocycles. The van der Waals surface area contributed by atoms with Crippen molar-refractivity contribution in [1.82, 2.24) is 4.98 Å². The molecular formula is C23H26N2O4S2. The maximum Gasteiger partial charge on any atom is 0.290 e. The van der Waals surface area contributed by atoms with Crippen molar-refractivity contribution in [2.24, 2.45) is 0 Å². The fourth-order valence-corrected chi connectivity index (χ4v) is 4.23. The lowest BCUT2D eigenvalue weighted by atomic mass is 10.2. The number of anilines is 1. The van der Waals surface area contributed by atoms with E-state index < -0.39 is 10.1 Å². The first-order valence-corrected chi connectivity index (χ1v) is 12.5. The van der Waals surface area contributed by atoms with Gasteiger partial charge in [0.1, 0.15) is 5.75 Å².